The smallest absolute Gasteiger partial charge is 0.408 e. The third-order valence-corrected chi connectivity index (χ3v) is 8.03. The largest absolute Gasteiger partial charge is 0.436 e. The molecule has 5 atom stereocenters. The van der Waals surface area contributed by atoms with E-state index in [0.29, 0.717) is 12.8 Å². The molecule has 2 aliphatic heterocycles. The maximum Gasteiger partial charge on any atom is 0.408 e. The van der Waals surface area contributed by atoms with E-state index in [2.05, 4.69) is 16.0 Å². The predicted molar refractivity (Wildman–Crippen MR) is 127 cm³/mol. The molecule has 2 unspecified atom stereocenters. The van der Waals surface area contributed by atoms with Gasteiger partial charge in [-0.1, -0.05) is 0 Å². The summed E-state index contributed by atoms with van der Waals surface area (Å²) in [4.78, 5) is 52.5. The Balaban J connectivity index is 1.46. The summed E-state index contributed by atoms with van der Waals surface area (Å²) in [6, 6.07) is -0.123. The van der Waals surface area contributed by atoms with Gasteiger partial charge in [0.2, 0.25) is 5.91 Å². The van der Waals surface area contributed by atoms with E-state index >= 15 is 4.39 Å². The lowest BCUT2D eigenvalue weighted by Gasteiger charge is -2.31. The number of ketones is 1. The standard InChI is InChI=1S/C26H26F4N4O5/c1-11-3-4-18(12-5-15(27)21(30)16(28)6-12)34(11)19(35)7-13-9-26(10-32-25(38)39-26)14-8-17(29)22(23(36)20(13)14)33-24(37)31-2/h5-6,8,11,13,18,20H,3-4,7,9-10H2,1-2H3,(H,32,38)(H2,31,33,37)/t11-,13?,18-,20?,26+/m0/s1. The highest BCUT2D eigenvalue weighted by atomic mass is 19.2. The van der Waals surface area contributed by atoms with Crippen molar-refractivity contribution in [1.29, 1.82) is 0 Å². The number of carbonyl (C=O) groups excluding carboxylic acids is 4. The first-order valence-corrected chi connectivity index (χ1v) is 12.5. The van der Waals surface area contributed by atoms with Crippen LogP contribution in [0.25, 0.3) is 0 Å². The van der Waals surface area contributed by atoms with Crippen molar-refractivity contribution in [2.45, 2.75) is 50.3 Å². The van der Waals surface area contributed by atoms with E-state index in [1.807, 2.05) is 0 Å². The molecule has 4 amide bonds. The quantitative estimate of drug-likeness (QED) is 0.393. The summed E-state index contributed by atoms with van der Waals surface area (Å²) < 4.78 is 62.0. The molecule has 9 nitrogen and oxygen atoms in total. The minimum Gasteiger partial charge on any atom is -0.436 e. The van der Waals surface area contributed by atoms with E-state index in [9.17, 15) is 32.3 Å². The van der Waals surface area contributed by atoms with Crippen molar-refractivity contribution in [2.75, 3.05) is 13.6 Å². The molecule has 39 heavy (non-hydrogen) atoms. The average Bonchev–Trinajstić information content (AvgIpc) is 3.54. The number of hydrogen-bond donors (Lipinski definition) is 3. The summed E-state index contributed by atoms with van der Waals surface area (Å²) in [6.07, 6.45) is 1.03. The first kappa shape index (κ1) is 26.7. The zero-order chi connectivity index (χ0) is 28.2. The summed E-state index contributed by atoms with van der Waals surface area (Å²) in [7, 11) is 1.30. The fraction of sp³-hybridized carbons (Fsp3) is 0.462. The molecular formula is C26H26F4N4O5. The lowest BCUT2D eigenvalue weighted by Crippen LogP contribution is -2.41. The van der Waals surface area contributed by atoms with Crippen LogP contribution in [0.15, 0.2) is 35.3 Å². The molecule has 0 aromatic heterocycles. The molecule has 2 saturated heterocycles. The Hall–Kier alpha value is -3.90. The van der Waals surface area contributed by atoms with E-state index in [1.165, 1.54) is 11.9 Å². The van der Waals surface area contributed by atoms with Gasteiger partial charge in [-0.25, -0.2) is 27.2 Å². The van der Waals surface area contributed by atoms with Crippen LogP contribution in [0.2, 0.25) is 0 Å². The Morgan fingerprint density at radius 2 is 1.85 bits per heavy atom. The van der Waals surface area contributed by atoms with Gasteiger partial charge < -0.3 is 25.6 Å². The number of carbonyl (C=O) groups is 4. The fourth-order valence-corrected chi connectivity index (χ4v) is 6.31. The van der Waals surface area contributed by atoms with Gasteiger partial charge in [0.05, 0.1) is 18.5 Å². The summed E-state index contributed by atoms with van der Waals surface area (Å²) in [5, 5.41) is 6.95. The summed E-state index contributed by atoms with van der Waals surface area (Å²) in [5.41, 5.74) is -1.62. The van der Waals surface area contributed by atoms with Crippen LogP contribution in [0.5, 0.6) is 0 Å². The van der Waals surface area contributed by atoms with Crippen LogP contribution >= 0.6 is 0 Å². The number of allylic oxidation sites excluding steroid dienone is 3. The topological polar surface area (TPSA) is 117 Å². The van der Waals surface area contributed by atoms with E-state index in [1.54, 1.807) is 6.92 Å². The number of fused-ring (bicyclic) bond motifs is 2. The van der Waals surface area contributed by atoms with Gasteiger partial charge in [0.1, 0.15) is 5.70 Å². The molecule has 208 valence electrons. The number of Topliss-reactive ketones (excluding diaryl/α,β-unsaturated/α-hetero) is 1. The van der Waals surface area contributed by atoms with E-state index in [-0.39, 0.29) is 36.6 Å². The zero-order valence-corrected chi connectivity index (χ0v) is 21.1. The number of halogens is 4. The van der Waals surface area contributed by atoms with Crippen molar-refractivity contribution in [1.82, 2.24) is 20.9 Å². The number of nitrogens with one attached hydrogen (secondary N) is 3. The van der Waals surface area contributed by atoms with Gasteiger partial charge in [0.15, 0.2) is 34.7 Å². The van der Waals surface area contributed by atoms with Crippen molar-refractivity contribution >= 4 is 23.8 Å². The molecule has 0 radical (unpaired) electrons. The molecule has 4 aliphatic rings. The fourth-order valence-electron chi connectivity index (χ4n) is 6.31. The molecule has 3 fully saturated rings. The van der Waals surface area contributed by atoms with Crippen LogP contribution in [0.3, 0.4) is 0 Å². The number of rotatable bonds is 4. The van der Waals surface area contributed by atoms with E-state index in [4.69, 9.17) is 4.74 Å². The second kappa shape index (κ2) is 9.69. The number of hydrogen-bond acceptors (Lipinski definition) is 5. The van der Waals surface area contributed by atoms with Crippen LogP contribution in [-0.2, 0) is 14.3 Å². The van der Waals surface area contributed by atoms with Crippen molar-refractivity contribution in [3.05, 3.63) is 58.3 Å². The van der Waals surface area contributed by atoms with E-state index < -0.39 is 76.3 Å². The SMILES string of the molecule is CNC(=O)NC1=C(F)C=C2C(C1=O)C(CC(=O)N1[C@@H](C)CC[C@H]1c1cc(F)c(F)c(F)c1)C[C@@]21CNC(=O)O1. The Bertz CT molecular complexity index is 1320. The zero-order valence-electron chi connectivity index (χ0n) is 21.1. The monoisotopic (exact) mass is 550 g/mol. The predicted octanol–water partition coefficient (Wildman–Crippen LogP) is 3.28. The number of alkyl carbamates (subject to hydrolysis) is 1. The molecule has 3 N–H and O–H groups in total. The number of urea groups is 1. The van der Waals surface area contributed by atoms with Crippen LogP contribution in [0.1, 0.15) is 44.2 Å². The minimum atomic E-state index is -1.60. The van der Waals surface area contributed by atoms with Gasteiger partial charge in [0, 0.05) is 19.5 Å². The normalized spacial score (nSPS) is 29.8. The van der Waals surface area contributed by atoms with E-state index in [0.717, 1.165) is 18.2 Å². The number of benzene rings is 1. The van der Waals surface area contributed by atoms with Crippen LogP contribution in [0.4, 0.5) is 27.2 Å². The highest BCUT2D eigenvalue weighted by Gasteiger charge is 2.59. The Morgan fingerprint density at radius 3 is 2.46 bits per heavy atom. The highest BCUT2D eigenvalue weighted by Crippen LogP contribution is 2.53. The van der Waals surface area contributed by atoms with Crippen LogP contribution in [-0.4, -0.2) is 54.0 Å². The summed E-state index contributed by atoms with van der Waals surface area (Å²) >= 11 is 0. The van der Waals surface area contributed by atoms with Crippen molar-refractivity contribution in [2.24, 2.45) is 11.8 Å². The van der Waals surface area contributed by atoms with Crippen molar-refractivity contribution < 1.29 is 41.5 Å². The Kier molecular flexibility index (Phi) is 6.63. The number of amides is 4. The van der Waals surface area contributed by atoms with Crippen LogP contribution in [0, 0.1) is 29.3 Å². The lowest BCUT2D eigenvalue weighted by molar-refractivity contribution is -0.135. The maximum absolute atomic E-state index is 15.0. The van der Waals surface area contributed by atoms with Crippen molar-refractivity contribution in [3.8, 4) is 0 Å². The van der Waals surface area contributed by atoms with Crippen molar-refractivity contribution in [3.63, 3.8) is 0 Å². The Morgan fingerprint density at radius 1 is 1.15 bits per heavy atom. The first-order chi connectivity index (χ1) is 18.5. The number of likely N-dealkylation sites (tertiary alicyclic amines) is 1. The third kappa shape index (κ3) is 4.43. The summed E-state index contributed by atoms with van der Waals surface area (Å²) in [5.74, 6) is -8.33. The minimum absolute atomic E-state index is 0.0332. The van der Waals surface area contributed by atoms with Gasteiger partial charge in [-0.15, -0.1) is 0 Å². The third-order valence-electron chi connectivity index (χ3n) is 8.03. The number of nitrogens with zero attached hydrogens (tertiary/aromatic N) is 1. The van der Waals surface area contributed by atoms with Crippen LogP contribution < -0.4 is 16.0 Å². The number of ether oxygens (including phenoxy) is 1. The molecule has 1 aromatic carbocycles. The second-order valence-corrected chi connectivity index (χ2v) is 10.3. The lowest BCUT2D eigenvalue weighted by atomic mass is 9.81. The molecule has 1 aromatic rings. The van der Waals surface area contributed by atoms with Gasteiger partial charge >= 0.3 is 12.1 Å². The molecule has 1 spiro atoms. The average molecular weight is 551 g/mol. The van der Waals surface area contributed by atoms with Gasteiger partial charge in [0.25, 0.3) is 0 Å². The molecule has 2 heterocycles. The maximum atomic E-state index is 15.0. The highest BCUT2D eigenvalue weighted by molar-refractivity contribution is 6.04. The van der Waals surface area contributed by atoms with Gasteiger partial charge in [-0.05, 0) is 61.4 Å². The molecule has 1 saturated carbocycles. The first-order valence-electron chi connectivity index (χ1n) is 12.5. The molecule has 5 rings (SSSR count). The van der Waals surface area contributed by atoms with Gasteiger partial charge in [-0.2, -0.15) is 0 Å². The second-order valence-electron chi connectivity index (χ2n) is 10.3. The summed E-state index contributed by atoms with van der Waals surface area (Å²) in [6.45, 7) is 1.74. The molecule has 2 aliphatic carbocycles. The Labute approximate surface area is 220 Å². The molecule has 0 bridgehead atoms. The molecule has 13 heteroatoms. The van der Waals surface area contributed by atoms with Gasteiger partial charge in [-0.3, -0.25) is 9.59 Å². The molecular weight excluding hydrogens is 524 g/mol.